The molecule has 14 heavy (non-hydrogen) atoms. The Morgan fingerprint density at radius 2 is 2.50 bits per heavy atom. The Labute approximate surface area is 81.3 Å². The third-order valence-corrected chi connectivity index (χ3v) is 2.30. The summed E-state index contributed by atoms with van der Waals surface area (Å²) in [6, 6.07) is 0. The van der Waals surface area contributed by atoms with Gasteiger partial charge in [0.25, 0.3) is 0 Å². The van der Waals surface area contributed by atoms with Crippen molar-refractivity contribution in [3.05, 3.63) is 11.9 Å². The van der Waals surface area contributed by atoms with E-state index in [0.717, 1.165) is 19.3 Å². The Bertz CT molecular complexity index is 329. The summed E-state index contributed by atoms with van der Waals surface area (Å²) in [5.74, 6) is -0.0887. The van der Waals surface area contributed by atoms with Crippen LogP contribution in [0, 0.1) is 0 Å². The number of aromatic nitrogens is 2. The lowest BCUT2D eigenvalue weighted by atomic mass is 10.2. The predicted octanol–water partition coefficient (Wildman–Crippen LogP) is 1.10. The first-order valence-electron chi connectivity index (χ1n) is 4.66. The van der Waals surface area contributed by atoms with Gasteiger partial charge in [0, 0.05) is 6.61 Å². The second-order valence-corrected chi connectivity index (χ2v) is 3.32. The fraction of sp³-hybridized carbons (Fsp3) is 0.556. The van der Waals surface area contributed by atoms with Crippen molar-refractivity contribution in [3.8, 4) is 5.75 Å². The van der Waals surface area contributed by atoms with E-state index in [1.54, 1.807) is 0 Å². The molecule has 0 aliphatic carbocycles. The molecule has 0 aromatic carbocycles. The van der Waals surface area contributed by atoms with E-state index in [1.165, 1.54) is 10.9 Å². The zero-order chi connectivity index (χ0) is 9.97. The molecule has 1 aliphatic heterocycles. The molecule has 1 atom stereocenters. The molecule has 5 heteroatoms. The number of hydrogen-bond donors (Lipinski definition) is 1. The Morgan fingerprint density at radius 1 is 1.64 bits per heavy atom. The third-order valence-electron chi connectivity index (χ3n) is 2.30. The second kappa shape index (κ2) is 3.79. The summed E-state index contributed by atoms with van der Waals surface area (Å²) in [5.41, 5.74) is 0.0687. The molecule has 0 bridgehead atoms. The van der Waals surface area contributed by atoms with Crippen LogP contribution < -0.4 is 0 Å². The largest absolute Gasteiger partial charge is 0.504 e. The molecule has 1 fully saturated rings. The number of nitrogens with zero attached hydrogens (tertiary/aromatic N) is 2. The minimum atomic E-state index is -0.136. The molecule has 1 aromatic rings. The molecule has 2 rings (SSSR count). The number of aldehydes is 1. The summed E-state index contributed by atoms with van der Waals surface area (Å²) in [4.78, 5) is 10.4. The van der Waals surface area contributed by atoms with Crippen LogP contribution in [0.15, 0.2) is 6.20 Å². The first-order valence-corrected chi connectivity index (χ1v) is 4.66. The molecule has 5 nitrogen and oxygen atoms in total. The van der Waals surface area contributed by atoms with Gasteiger partial charge in [-0.05, 0) is 19.3 Å². The van der Waals surface area contributed by atoms with E-state index >= 15 is 0 Å². The van der Waals surface area contributed by atoms with Crippen molar-refractivity contribution in [2.24, 2.45) is 0 Å². The molecule has 1 aromatic heterocycles. The van der Waals surface area contributed by atoms with E-state index in [9.17, 15) is 9.90 Å². The lowest BCUT2D eigenvalue weighted by Gasteiger charge is -2.22. The number of hydrogen-bond acceptors (Lipinski definition) is 4. The van der Waals surface area contributed by atoms with Crippen LogP contribution in [0.5, 0.6) is 5.75 Å². The van der Waals surface area contributed by atoms with Crippen molar-refractivity contribution >= 4 is 6.29 Å². The normalized spacial score (nSPS) is 22.1. The van der Waals surface area contributed by atoms with Gasteiger partial charge in [0.15, 0.2) is 17.7 Å². The minimum absolute atomic E-state index is 0.0687. The lowest BCUT2D eigenvalue weighted by Crippen LogP contribution is -2.18. The van der Waals surface area contributed by atoms with Crippen LogP contribution in [0.1, 0.15) is 36.0 Å². The number of rotatable bonds is 2. The van der Waals surface area contributed by atoms with Gasteiger partial charge in [-0.2, -0.15) is 5.10 Å². The number of ether oxygens (including phenoxy) is 1. The quantitative estimate of drug-likeness (QED) is 0.719. The van der Waals surface area contributed by atoms with E-state index < -0.39 is 0 Å². The highest BCUT2D eigenvalue weighted by Gasteiger charge is 2.18. The molecule has 0 saturated carbocycles. The maximum absolute atomic E-state index is 10.4. The van der Waals surface area contributed by atoms with Gasteiger partial charge in [-0.1, -0.05) is 0 Å². The van der Waals surface area contributed by atoms with Crippen molar-refractivity contribution in [2.75, 3.05) is 6.61 Å². The molecule has 76 valence electrons. The molecular formula is C9H12N2O3. The van der Waals surface area contributed by atoms with Gasteiger partial charge in [0.1, 0.15) is 6.23 Å². The molecule has 0 unspecified atom stereocenters. The zero-order valence-electron chi connectivity index (χ0n) is 7.72. The van der Waals surface area contributed by atoms with Gasteiger partial charge in [0.05, 0.1) is 6.20 Å². The van der Waals surface area contributed by atoms with Crippen molar-refractivity contribution < 1.29 is 14.6 Å². The lowest BCUT2D eigenvalue weighted by molar-refractivity contribution is -0.0396. The van der Waals surface area contributed by atoms with Crippen LogP contribution in [0.3, 0.4) is 0 Å². The van der Waals surface area contributed by atoms with Crippen LogP contribution in [-0.2, 0) is 4.74 Å². The van der Waals surface area contributed by atoms with Crippen molar-refractivity contribution in [1.29, 1.82) is 0 Å². The summed E-state index contributed by atoms with van der Waals surface area (Å²) < 4.78 is 6.96. The number of carbonyl (C=O) groups is 1. The predicted molar refractivity (Wildman–Crippen MR) is 48.1 cm³/mol. The van der Waals surface area contributed by atoms with Crippen molar-refractivity contribution in [2.45, 2.75) is 25.5 Å². The van der Waals surface area contributed by atoms with Gasteiger partial charge in [-0.3, -0.25) is 4.79 Å². The zero-order valence-corrected chi connectivity index (χ0v) is 7.72. The third kappa shape index (κ3) is 1.63. The van der Waals surface area contributed by atoms with Crippen LogP contribution in [0.2, 0.25) is 0 Å². The SMILES string of the molecule is O=Cc1nn([C@@H]2CCCCO2)cc1O. The maximum atomic E-state index is 10.4. The van der Waals surface area contributed by atoms with Gasteiger partial charge in [-0.15, -0.1) is 0 Å². The highest BCUT2D eigenvalue weighted by molar-refractivity contribution is 5.75. The molecule has 0 spiro atoms. The van der Waals surface area contributed by atoms with Crippen LogP contribution in [0.4, 0.5) is 0 Å². The maximum Gasteiger partial charge on any atom is 0.174 e. The van der Waals surface area contributed by atoms with Gasteiger partial charge >= 0.3 is 0 Å². The summed E-state index contributed by atoms with van der Waals surface area (Å²) in [6.45, 7) is 0.710. The van der Waals surface area contributed by atoms with Gasteiger partial charge in [-0.25, -0.2) is 4.68 Å². The summed E-state index contributed by atoms with van der Waals surface area (Å²) in [5, 5.41) is 13.2. The summed E-state index contributed by atoms with van der Waals surface area (Å²) in [6.07, 6.45) is 4.85. The monoisotopic (exact) mass is 196 g/mol. The van der Waals surface area contributed by atoms with Gasteiger partial charge < -0.3 is 9.84 Å². The highest BCUT2D eigenvalue weighted by atomic mass is 16.5. The average molecular weight is 196 g/mol. The fourth-order valence-corrected chi connectivity index (χ4v) is 1.56. The van der Waals surface area contributed by atoms with E-state index in [4.69, 9.17) is 4.74 Å². The first-order chi connectivity index (χ1) is 6.81. The number of carbonyl (C=O) groups excluding carboxylic acids is 1. The highest BCUT2D eigenvalue weighted by Crippen LogP contribution is 2.24. The minimum Gasteiger partial charge on any atom is -0.504 e. The van der Waals surface area contributed by atoms with E-state index in [0.29, 0.717) is 12.9 Å². The van der Waals surface area contributed by atoms with Gasteiger partial charge in [0.2, 0.25) is 0 Å². The number of aromatic hydroxyl groups is 1. The average Bonchev–Trinajstić information content (AvgIpc) is 2.61. The summed E-state index contributed by atoms with van der Waals surface area (Å²) in [7, 11) is 0. The molecule has 1 saturated heterocycles. The Kier molecular flexibility index (Phi) is 2.49. The molecule has 1 N–H and O–H groups in total. The van der Waals surface area contributed by atoms with E-state index in [2.05, 4.69) is 5.10 Å². The molecule has 0 radical (unpaired) electrons. The summed E-state index contributed by atoms with van der Waals surface area (Å²) >= 11 is 0. The standard InChI is InChI=1S/C9H12N2O3/c12-6-7-8(13)5-11(10-7)9-3-1-2-4-14-9/h5-6,9,13H,1-4H2/t9-/m0/s1. The van der Waals surface area contributed by atoms with E-state index in [1.807, 2.05) is 0 Å². The fourth-order valence-electron chi connectivity index (χ4n) is 1.56. The molecule has 2 heterocycles. The Morgan fingerprint density at radius 3 is 3.07 bits per heavy atom. The molecular weight excluding hydrogens is 184 g/mol. The van der Waals surface area contributed by atoms with E-state index in [-0.39, 0.29) is 17.7 Å². The topological polar surface area (TPSA) is 64.4 Å². The Hall–Kier alpha value is -1.36. The van der Waals surface area contributed by atoms with Crippen LogP contribution in [0.25, 0.3) is 0 Å². The molecule has 1 aliphatic rings. The van der Waals surface area contributed by atoms with Crippen LogP contribution >= 0.6 is 0 Å². The Balaban J connectivity index is 2.18. The second-order valence-electron chi connectivity index (χ2n) is 3.32. The first kappa shape index (κ1) is 9.21. The smallest absolute Gasteiger partial charge is 0.174 e. The van der Waals surface area contributed by atoms with Crippen LogP contribution in [-0.4, -0.2) is 27.8 Å². The van der Waals surface area contributed by atoms with Crippen molar-refractivity contribution in [1.82, 2.24) is 9.78 Å². The van der Waals surface area contributed by atoms with Crippen molar-refractivity contribution in [3.63, 3.8) is 0 Å². The molecule has 0 amide bonds.